The molecule has 0 atom stereocenters. The first-order chi connectivity index (χ1) is 9.20. The van der Waals surface area contributed by atoms with Crippen molar-refractivity contribution in [2.75, 3.05) is 13.2 Å². The van der Waals surface area contributed by atoms with E-state index in [9.17, 15) is 9.59 Å². The van der Waals surface area contributed by atoms with Crippen LogP contribution in [0.1, 0.15) is 25.3 Å². The van der Waals surface area contributed by atoms with Crippen LogP contribution in [0.25, 0.3) is 0 Å². The second-order valence-electron chi connectivity index (χ2n) is 4.45. The van der Waals surface area contributed by atoms with E-state index in [-0.39, 0.29) is 11.9 Å². The number of nitrogens with zero attached hydrogens (tertiary/aromatic N) is 1. The molecule has 1 N–H and O–H groups in total. The minimum Gasteiger partial charge on any atom is -0.494 e. The highest BCUT2D eigenvalue weighted by Crippen LogP contribution is 2.15. The van der Waals surface area contributed by atoms with Crippen molar-refractivity contribution < 1.29 is 14.3 Å². The zero-order chi connectivity index (χ0) is 13.7. The van der Waals surface area contributed by atoms with E-state index >= 15 is 0 Å². The molecule has 102 valence electrons. The predicted molar refractivity (Wildman–Crippen MR) is 70.8 cm³/mol. The van der Waals surface area contributed by atoms with Crippen molar-refractivity contribution in [1.82, 2.24) is 10.2 Å². The van der Waals surface area contributed by atoms with Gasteiger partial charge in [0.1, 0.15) is 5.75 Å². The lowest BCUT2D eigenvalue weighted by Crippen LogP contribution is -2.49. The molecular formula is C14H18N2O3. The number of ether oxygens (including phenoxy) is 1. The van der Waals surface area contributed by atoms with Crippen molar-refractivity contribution in [3.8, 4) is 5.75 Å². The molecule has 0 bridgehead atoms. The molecule has 1 heterocycles. The highest BCUT2D eigenvalue weighted by Gasteiger charge is 2.25. The Bertz CT molecular complexity index is 440. The van der Waals surface area contributed by atoms with Crippen LogP contribution in [0.15, 0.2) is 24.3 Å². The standard InChI is InChI=1S/C14H18N2O3/c1-2-9-19-12-5-3-11(4-6-12)10-16-13(17)7-8-15-14(16)18/h3-6H,2,7-10H2,1H3,(H,15,18). The summed E-state index contributed by atoms with van der Waals surface area (Å²) in [6, 6.07) is 7.15. The van der Waals surface area contributed by atoms with Crippen molar-refractivity contribution >= 4 is 11.9 Å². The van der Waals surface area contributed by atoms with E-state index in [1.807, 2.05) is 24.3 Å². The average molecular weight is 262 g/mol. The van der Waals surface area contributed by atoms with Gasteiger partial charge in [-0.1, -0.05) is 19.1 Å². The van der Waals surface area contributed by atoms with Gasteiger partial charge in [0.15, 0.2) is 0 Å². The SMILES string of the molecule is CCCOc1ccc(CN2C(=O)CCNC2=O)cc1. The number of imide groups is 1. The minimum atomic E-state index is -0.317. The first-order valence-electron chi connectivity index (χ1n) is 6.50. The third-order valence-corrected chi connectivity index (χ3v) is 2.90. The fourth-order valence-corrected chi connectivity index (χ4v) is 1.87. The number of amides is 3. The van der Waals surface area contributed by atoms with Crippen LogP contribution >= 0.6 is 0 Å². The Hall–Kier alpha value is -2.04. The summed E-state index contributed by atoms with van der Waals surface area (Å²) >= 11 is 0. The molecule has 0 aromatic heterocycles. The summed E-state index contributed by atoms with van der Waals surface area (Å²) in [5.41, 5.74) is 0.911. The quantitative estimate of drug-likeness (QED) is 0.882. The lowest BCUT2D eigenvalue weighted by molar-refractivity contribution is -0.129. The molecule has 0 spiro atoms. The van der Waals surface area contributed by atoms with Gasteiger partial charge in [0.25, 0.3) is 0 Å². The van der Waals surface area contributed by atoms with Crippen molar-refractivity contribution in [3.05, 3.63) is 29.8 Å². The van der Waals surface area contributed by atoms with Crippen LogP contribution in [0.5, 0.6) is 5.75 Å². The van der Waals surface area contributed by atoms with E-state index in [1.54, 1.807) is 0 Å². The van der Waals surface area contributed by atoms with Gasteiger partial charge in [-0.2, -0.15) is 0 Å². The first kappa shape index (κ1) is 13.4. The van der Waals surface area contributed by atoms with Gasteiger partial charge in [-0.15, -0.1) is 0 Å². The maximum absolute atomic E-state index is 11.7. The van der Waals surface area contributed by atoms with Gasteiger partial charge in [0.05, 0.1) is 13.2 Å². The predicted octanol–water partition coefficient (Wildman–Crippen LogP) is 1.92. The molecule has 0 unspecified atom stereocenters. The normalized spacial score (nSPS) is 15.3. The van der Waals surface area contributed by atoms with Gasteiger partial charge in [-0.05, 0) is 24.1 Å². The molecule has 5 nitrogen and oxygen atoms in total. The Kier molecular flexibility index (Phi) is 4.39. The van der Waals surface area contributed by atoms with Gasteiger partial charge >= 0.3 is 6.03 Å². The molecule has 1 aromatic carbocycles. The monoisotopic (exact) mass is 262 g/mol. The number of benzene rings is 1. The molecular weight excluding hydrogens is 244 g/mol. The van der Waals surface area contributed by atoms with E-state index in [0.29, 0.717) is 26.1 Å². The van der Waals surface area contributed by atoms with Gasteiger partial charge in [0.2, 0.25) is 5.91 Å². The van der Waals surface area contributed by atoms with Crippen molar-refractivity contribution in [1.29, 1.82) is 0 Å². The second-order valence-corrected chi connectivity index (χ2v) is 4.45. The summed E-state index contributed by atoms with van der Waals surface area (Å²) < 4.78 is 5.48. The highest BCUT2D eigenvalue weighted by molar-refractivity contribution is 5.96. The zero-order valence-corrected chi connectivity index (χ0v) is 11.0. The lowest BCUT2D eigenvalue weighted by atomic mass is 10.2. The van der Waals surface area contributed by atoms with Gasteiger partial charge in [-0.3, -0.25) is 9.69 Å². The summed E-state index contributed by atoms with van der Waals surface area (Å²) in [5.74, 6) is 0.676. The minimum absolute atomic E-state index is 0.130. The molecule has 1 aromatic rings. The topological polar surface area (TPSA) is 58.6 Å². The average Bonchev–Trinajstić information content (AvgIpc) is 2.42. The molecule has 5 heteroatoms. The van der Waals surface area contributed by atoms with Crippen LogP contribution in [0, 0.1) is 0 Å². The summed E-state index contributed by atoms with van der Waals surface area (Å²) in [7, 11) is 0. The van der Waals surface area contributed by atoms with Crippen LogP contribution in [-0.2, 0) is 11.3 Å². The molecule has 19 heavy (non-hydrogen) atoms. The van der Waals surface area contributed by atoms with Crippen LogP contribution in [-0.4, -0.2) is 30.0 Å². The molecule has 0 radical (unpaired) electrons. The van der Waals surface area contributed by atoms with Crippen molar-refractivity contribution in [2.45, 2.75) is 26.3 Å². The number of urea groups is 1. The number of carbonyl (C=O) groups is 2. The number of nitrogens with one attached hydrogen (secondary N) is 1. The number of rotatable bonds is 5. The van der Waals surface area contributed by atoms with Crippen LogP contribution in [0.3, 0.4) is 0 Å². The van der Waals surface area contributed by atoms with Gasteiger partial charge < -0.3 is 10.1 Å². The highest BCUT2D eigenvalue weighted by atomic mass is 16.5. The maximum Gasteiger partial charge on any atom is 0.324 e. The molecule has 1 fully saturated rings. The van der Waals surface area contributed by atoms with Crippen LogP contribution < -0.4 is 10.1 Å². The Labute approximate surface area is 112 Å². The largest absolute Gasteiger partial charge is 0.494 e. The Balaban J connectivity index is 1.98. The first-order valence-corrected chi connectivity index (χ1v) is 6.50. The van der Waals surface area contributed by atoms with E-state index in [4.69, 9.17) is 4.74 Å². The van der Waals surface area contributed by atoms with E-state index in [2.05, 4.69) is 12.2 Å². The van der Waals surface area contributed by atoms with Crippen molar-refractivity contribution in [3.63, 3.8) is 0 Å². The summed E-state index contributed by atoms with van der Waals surface area (Å²) in [5, 5.41) is 2.66. The number of carbonyl (C=O) groups excluding carboxylic acids is 2. The smallest absolute Gasteiger partial charge is 0.324 e. The molecule has 0 aliphatic carbocycles. The van der Waals surface area contributed by atoms with Crippen LogP contribution in [0.2, 0.25) is 0 Å². The summed E-state index contributed by atoms with van der Waals surface area (Å²) in [4.78, 5) is 24.5. The third kappa shape index (κ3) is 3.47. The Morgan fingerprint density at radius 1 is 1.26 bits per heavy atom. The van der Waals surface area contributed by atoms with E-state index in [1.165, 1.54) is 4.90 Å². The number of hydrogen-bond donors (Lipinski definition) is 1. The fourth-order valence-electron chi connectivity index (χ4n) is 1.87. The summed E-state index contributed by atoms with van der Waals surface area (Å²) in [6.07, 6.45) is 1.33. The number of hydrogen-bond acceptors (Lipinski definition) is 3. The van der Waals surface area contributed by atoms with Gasteiger partial charge in [0, 0.05) is 13.0 Å². The molecule has 0 saturated carbocycles. The second kappa shape index (κ2) is 6.22. The molecule has 1 aliphatic rings. The zero-order valence-electron chi connectivity index (χ0n) is 11.0. The fraction of sp³-hybridized carbons (Fsp3) is 0.429. The molecule has 3 amide bonds. The van der Waals surface area contributed by atoms with Gasteiger partial charge in [-0.25, -0.2) is 4.79 Å². The molecule has 1 aliphatic heterocycles. The van der Waals surface area contributed by atoms with E-state index in [0.717, 1.165) is 17.7 Å². The molecule has 2 rings (SSSR count). The molecule has 1 saturated heterocycles. The summed E-state index contributed by atoms with van der Waals surface area (Å²) in [6.45, 7) is 3.47. The Morgan fingerprint density at radius 3 is 2.63 bits per heavy atom. The van der Waals surface area contributed by atoms with E-state index < -0.39 is 0 Å². The van der Waals surface area contributed by atoms with Crippen LogP contribution in [0.4, 0.5) is 4.79 Å². The van der Waals surface area contributed by atoms with Crippen molar-refractivity contribution in [2.24, 2.45) is 0 Å². The lowest BCUT2D eigenvalue weighted by Gasteiger charge is -2.25. The Morgan fingerprint density at radius 2 is 2.00 bits per heavy atom. The third-order valence-electron chi connectivity index (χ3n) is 2.90. The maximum atomic E-state index is 11.7.